The first kappa shape index (κ1) is 13.7. The third-order valence-electron chi connectivity index (χ3n) is 2.29. The van der Waals surface area contributed by atoms with Gasteiger partial charge in [0.25, 0.3) is 0 Å². The van der Waals surface area contributed by atoms with E-state index in [2.05, 4.69) is 56.3 Å². The van der Waals surface area contributed by atoms with E-state index < -0.39 is 0 Å². The van der Waals surface area contributed by atoms with Crippen LogP contribution in [-0.2, 0) is 11.3 Å². The van der Waals surface area contributed by atoms with Crippen LogP contribution in [0.2, 0.25) is 0 Å². The van der Waals surface area contributed by atoms with Crippen LogP contribution in [0.25, 0.3) is 10.8 Å². The Morgan fingerprint density at radius 2 is 1.53 bits per heavy atom. The van der Waals surface area contributed by atoms with E-state index in [-0.39, 0.29) is 0 Å². The molecular weight excluding hydrogens is 208 g/mol. The minimum atomic E-state index is 0.710. The van der Waals surface area contributed by atoms with E-state index in [4.69, 9.17) is 4.74 Å². The summed E-state index contributed by atoms with van der Waals surface area (Å²) in [7, 11) is 0. The van der Waals surface area contributed by atoms with Gasteiger partial charge in [-0.1, -0.05) is 56.7 Å². The Labute approximate surface area is 104 Å². The smallest absolute Gasteiger partial charge is 0.0716 e. The first-order valence-electron chi connectivity index (χ1n) is 6.37. The summed E-state index contributed by atoms with van der Waals surface area (Å²) in [5, 5.41) is 2.57. The van der Waals surface area contributed by atoms with E-state index in [1.807, 2.05) is 6.92 Å². The molecule has 0 bridgehead atoms. The second kappa shape index (κ2) is 7.86. The molecule has 0 aliphatic heterocycles. The standard InChI is InChI=1S/C13H14O.C3H8/c1-2-14-10-11-7-8-12-5-3-4-6-13(12)9-11;1-3-2/h3-9H,2,10H2,1H3;3H2,1-2H3. The molecule has 0 aromatic heterocycles. The summed E-state index contributed by atoms with van der Waals surface area (Å²) in [6, 6.07) is 14.8. The molecule has 0 radical (unpaired) electrons. The first-order chi connectivity index (χ1) is 8.31. The number of hydrogen-bond donors (Lipinski definition) is 0. The maximum absolute atomic E-state index is 5.37. The van der Waals surface area contributed by atoms with E-state index in [0.29, 0.717) is 6.61 Å². The Balaban J connectivity index is 0.000000437. The van der Waals surface area contributed by atoms with Gasteiger partial charge < -0.3 is 4.74 Å². The Bertz CT molecular complexity index is 434. The Hall–Kier alpha value is -1.34. The fourth-order valence-electron chi connectivity index (χ4n) is 1.55. The number of benzene rings is 2. The van der Waals surface area contributed by atoms with Gasteiger partial charge in [0.05, 0.1) is 6.61 Å². The molecule has 0 heterocycles. The van der Waals surface area contributed by atoms with Crippen molar-refractivity contribution in [2.75, 3.05) is 6.61 Å². The molecule has 2 aromatic rings. The van der Waals surface area contributed by atoms with Gasteiger partial charge in [-0.25, -0.2) is 0 Å². The predicted octanol–water partition coefficient (Wildman–Crippen LogP) is 4.79. The highest BCUT2D eigenvalue weighted by atomic mass is 16.5. The highest BCUT2D eigenvalue weighted by molar-refractivity contribution is 5.82. The maximum Gasteiger partial charge on any atom is 0.0716 e. The highest BCUT2D eigenvalue weighted by Crippen LogP contribution is 2.15. The van der Waals surface area contributed by atoms with Gasteiger partial charge in [0.1, 0.15) is 0 Å². The van der Waals surface area contributed by atoms with Gasteiger partial charge in [0, 0.05) is 6.61 Å². The third-order valence-corrected chi connectivity index (χ3v) is 2.29. The van der Waals surface area contributed by atoms with E-state index in [1.165, 1.54) is 22.8 Å². The summed E-state index contributed by atoms with van der Waals surface area (Å²) in [5.74, 6) is 0. The zero-order valence-electron chi connectivity index (χ0n) is 11.1. The molecule has 0 N–H and O–H groups in total. The van der Waals surface area contributed by atoms with Crippen molar-refractivity contribution in [3.05, 3.63) is 48.0 Å². The Kier molecular flexibility index (Phi) is 6.34. The lowest BCUT2D eigenvalue weighted by Gasteiger charge is -2.03. The molecule has 0 fully saturated rings. The van der Waals surface area contributed by atoms with Gasteiger partial charge in [0.15, 0.2) is 0 Å². The molecule has 2 rings (SSSR count). The molecule has 0 aliphatic rings. The Morgan fingerprint density at radius 1 is 0.882 bits per heavy atom. The van der Waals surface area contributed by atoms with Crippen molar-refractivity contribution in [3.8, 4) is 0 Å². The fraction of sp³-hybridized carbons (Fsp3) is 0.375. The van der Waals surface area contributed by atoms with E-state index in [0.717, 1.165) is 6.61 Å². The van der Waals surface area contributed by atoms with Crippen molar-refractivity contribution in [3.63, 3.8) is 0 Å². The molecule has 0 unspecified atom stereocenters. The van der Waals surface area contributed by atoms with Crippen LogP contribution in [0.15, 0.2) is 42.5 Å². The topological polar surface area (TPSA) is 9.23 Å². The van der Waals surface area contributed by atoms with Crippen LogP contribution in [0.4, 0.5) is 0 Å². The molecule has 1 heteroatoms. The van der Waals surface area contributed by atoms with Crippen LogP contribution >= 0.6 is 0 Å². The molecule has 0 aliphatic carbocycles. The van der Waals surface area contributed by atoms with Crippen molar-refractivity contribution >= 4 is 10.8 Å². The normalized spacial score (nSPS) is 9.82. The van der Waals surface area contributed by atoms with Gasteiger partial charge in [-0.05, 0) is 29.3 Å². The van der Waals surface area contributed by atoms with Crippen LogP contribution in [0.3, 0.4) is 0 Å². The quantitative estimate of drug-likeness (QED) is 0.736. The lowest BCUT2D eigenvalue weighted by Crippen LogP contribution is -1.91. The molecule has 0 saturated heterocycles. The number of fused-ring (bicyclic) bond motifs is 1. The van der Waals surface area contributed by atoms with Gasteiger partial charge in [-0.2, -0.15) is 0 Å². The minimum Gasteiger partial charge on any atom is -0.377 e. The van der Waals surface area contributed by atoms with Crippen molar-refractivity contribution < 1.29 is 4.74 Å². The monoisotopic (exact) mass is 230 g/mol. The summed E-state index contributed by atoms with van der Waals surface area (Å²) in [5.41, 5.74) is 1.24. The number of hydrogen-bond acceptors (Lipinski definition) is 1. The minimum absolute atomic E-state index is 0.710. The van der Waals surface area contributed by atoms with Crippen molar-refractivity contribution in [1.29, 1.82) is 0 Å². The van der Waals surface area contributed by atoms with E-state index in [9.17, 15) is 0 Å². The van der Waals surface area contributed by atoms with Crippen molar-refractivity contribution in [2.24, 2.45) is 0 Å². The molecule has 1 nitrogen and oxygen atoms in total. The predicted molar refractivity (Wildman–Crippen MR) is 75.2 cm³/mol. The summed E-state index contributed by atoms with van der Waals surface area (Å²) < 4.78 is 5.37. The van der Waals surface area contributed by atoms with Crippen LogP contribution < -0.4 is 0 Å². The Morgan fingerprint density at radius 3 is 2.18 bits per heavy atom. The molecule has 0 saturated carbocycles. The summed E-state index contributed by atoms with van der Waals surface area (Å²) in [6.45, 7) is 7.75. The summed E-state index contributed by atoms with van der Waals surface area (Å²) >= 11 is 0. The van der Waals surface area contributed by atoms with E-state index >= 15 is 0 Å². The average molecular weight is 230 g/mol. The fourth-order valence-corrected chi connectivity index (χ4v) is 1.55. The second-order valence-electron chi connectivity index (χ2n) is 4.03. The molecule has 2 aromatic carbocycles. The summed E-state index contributed by atoms with van der Waals surface area (Å²) in [4.78, 5) is 0. The highest BCUT2D eigenvalue weighted by Gasteiger charge is 1.95. The van der Waals surface area contributed by atoms with Gasteiger partial charge >= 0.3 is 0 Å². The lowest BCUT2D eigenvalue weighted by atomic mass is 10.1. The average Bonchev–Trinajstić information content (AvgIpc) is 2.37. The zero-order valence-corrected chi connectivity index (χ0v) is 11.1. The SMILES string of the molecule is CCC.CCOCc1ccc2ccccc2c1. The van der Waals surface area contributed by atoms with Crippen LogP contribution in [-0.4, -0.2) is 6.61 Å². The largest absolute Gasteiger partial charge is 0.377 e. The van der Waals surface area contributed by atoms with Gasteiger partial charge in [-0.3, -0.25) is 0 Å². The van der Waals surface area contributed by atoms with E-state index in [1.54, 1.807) is 0 Å². The van der Waals surface area contributed by atoms with Crippen LogP contribution in [0.5, 0.6) is 0 Å². The molecule has 17 heavy (non-hydrogen) atoms. The van der Waals surface area contributed by atoms with Gasteiger partial charge in [-0.15, -0.1) is 0 Å². The second-order valence-corrected chi connectivity index (χ2v) is 4.03. The molecule has 0 spiro atoms. The van der Waals surface area contributed by atoms with Crippen molar-refractivity contribution in [2.45, 2.75) is 33.8 Å². The zero-order chi connectivity index (χ0) is 12.5. The molecular formula is C16H22O. The lowest BCUT2D eigenvalue weighted by molar-refractivity contribution is 0.134. The first-order valence-corrected chi connectivity index (χ1v) is 6.37. The number of rotatable bonds is 3. The number of ether oxygens (including phenoxy) is 1. The molecule has 0 amide bonds. The summed E-state index contributed by atoms with van der Waals surface area (Å²) in [6.07, 6.45) is 1.25. The van der Waals surface area contributed by atoms with Crippen LogP contribution in [0, 0.1) is 0 Å². The van der Waals surface area contributed by atoms with Gasteiger partial charge in [0.2, 0.25) is 0 Å². The molecule has 92 valence electrons. The molecule has 0 atom stereocenters. The van der Waals surface area contributed by atoms with Crippen molar-refractivity contribution in [1.82, 2.24) is 0 Å². The third kappa shape index (κ3) is 4.58. The van der Waals surface area contributed by atoms with Crippen LogP contribution in [0.1, 0.15) is 32.8 Å². The maximum atomic E-state index is 5.37.